The molecule has 0 aliphatic heterocycles. The Kier molecular flexibility index (Phi) is 4.75. The SMILES string of the molecule is Cc1ccccc1NCc1nnc(-c2ccccc2-c2ccccc2)s1. The summed E-state index contributed by atoms with van der Waals surface area (Å²) in [6.07, 6.45) is 0. The van der Waals surface area contributed by atoms with E-state index >= 15 is 0 Å². The number of nitrogens with zero attached hydrogens (tertiary/aromatic N) is 2. The lowest BCUT2D eigenvalue weighted by atomic mass is 10.0. The molecule has 0 aliphatic rings. The summed E-state index contributed by atoms with van der Waals surface area (Å²) in [5.41, 5.74) is 5.86. The maximum atomic E-state index is 4.44. The molecule has 0 saturated carbocycles. The van der Waals surface area contributed by atoms with E-state index < -0.39 is 0 Å². The molecule has 4 aromatic rings. The zero-order valence-corrected chi connectivity index (χ0v) is 15.3. The van der Waals surface area contributed by atoms with Gasteiger partial charge >= 0.3 is 0 Å². The average Bonchev–Trinajstić information content (AvgIpc) is 3.17. The number of rotatable bonds is 5. The molecule has 0 bridgehead atoms. The molecule has 26 heavy (non-hydrogen) atoms. The van der Waals surface area contributed by atoms with Gasteiger partial charge < -0.3 is 5.32 Å². The molecule has 3 nitrogen and oxygen atoms in total. The smallest absolute Gasteiger partial charge is 0.148 e. The normalized spacial score (nSPS) is 10.7. The number of para-hydroxylation sites is 1. The molecule has 0 radical (unpaired) electrons. The number of anilines is 1. The maximum absolute atomic E-state index is 4.44. The molecule has 0 amide bonds. The standard InChI is InChI=1S/C22H19N3S/c1-16-9-5-8-14-20(16)23-15-21-24-25-22(26-21)19-13-7-6-12-18(19)17-10-3-2-4-11-17/h2-14,23H,15H2,1H3. The summed E-state index contributed by atoms with van der Waals surface area (Å²) in [4.78, 5) is 0. The van der Waals surface area contributed by atoms with E-state index in [0.717, 1.165) is 21.3 Å². The zero-order valence-electron chi connectivity index (χ0n) is 14.5. The summed E-state index contributed by atoms with van der Waals surface area (Å²) in [6.45, 7) is 2.78. The minimum absolute atomic E-state index is 0.677. The Bertz CT molecular complexity index is 1010. The minimum Gasteiger partial charge on any atom is -0.378 e. The number of benzene rings is 3. The van der Waals surface area contributed by atoms with Gasteiger partial charge in [-0.2, -0.15) is 0 Å². The molecule has 1 heterocycles. The van der Waals surface area contributed by atoms with Gasteiger partial charge in [0.15, 0.2) is 0 Å². The van der Waals surface area contributed by atoms with E-state index in [0.29, 0.717) is 6.54 Å². The second-order valence-corrected chi connectivity index (χ2v) is 7.14. The fraction of sp³-hybridized carbons (Fsp3) is 0.0909. The van der Waals surface area contributed by atoms with Gasteiger partial charge in [-0.05, 0) is 29.7 Å². The van der Waals surface area contributed by atoms with Gasteiger partial charge in [-0.25, -0.2) is 0 Å². The highest BCUT2D eigenvalue weighted by Gasteiger charge is 2.12. The van der Waals surface area contributed by atoms with Crippen LogP contribution in [0.4, 0.5) is 5.69 Å². The van der Waals surface area contributed by atoms with Crippen molar-refractivity contribution in [2.75, 3.05) is 5.32 Å². The lowest BCUT2D eigenvalue weighted by molar-refractivity contribution is 0.991. The quantitative estimate of drug-likeness (QED) is 0.491. The first-order valence-corrected chi connectivity index (χ1v) is 9.39. The molecule has 1 aromatic heterocycles. The second-order valence-electron chi connectivity index (χ2n) is 6.08. The van der Waals surface area contributed by atoms with Crippen LogP contribution in [0.5, 0.6) is 0 Å². The second kappa shape index (κ2) is 7.50. The van der Waals surface area contributed by atoms with Crippen molar-refractivity contribution in [3.05, 3.63) is 89.4 Å². The molecule has 0 spiro atoms. The Hall–Kier alpha value is -2.98. The van der Waals surface area contributed by atoms with E-state index in [9.17, 15) is 0 Å². The molecular formula is C22H19N3S. The van der Waals surface area contributed by atoms with Crippen molar-refractivity contribution < 1.29 is 0 Å². The van der Waals surface area contributed by atoms with Crippen LogP contribution in [-0.4, -0.2) is 10.2 Å². The number of hydrogen-bond donors (Lipinski definition) is 1. The number of nitrogens with one attached hydrogen (secondary N) is 1. The van der Waals surface area contributed by atoms with Gasteiger partial charge in [-0.15, -0.1) is 10.2 Å². The summed E-state index contributed by atoms with van der Waals surface area (Å²) in [6, 6.07) is 27.0. The van der Waals surface area contributed by atoms with Crippen LogP contribution in [0, 0.1) is 6.92 Å². The van der Waals surface area contributed by atoms with Gasteiger partial charge in [-0.1, -0.05) is 84.1 Å². The first kappa shape index (κ1) is 16.5. The summed E-state index contributed by atoms with van der Waals surface area (Å²) in [5, 5.41) is 14.2. The first-order valence-electron chi connectivity index (χ1n) is 8.58. The highest BCUT2D eigenvalue weighted by Crippen LogP contribution is 2.33. The predicted molar refractivity (Wildman–Crippen MR) is 109 cm³/mol. The topological polar surface area (TPSA) is 37.8 Å². The zero-order chi connectivity index (χ0) is 17.8. The summed E-state index contributed by atoms with van der Waals surface area (Å²) >= 11 is 1.64. The third-order valence-corrected chi connectivity index (χ3v) is 5.24. The molecule has 4 rings (SSSR count). The molecule has 3 aromatic carbocycles. The van der Waals surface area contributed by atoms with Crippen LogP contribution < -0.4 is 5.32 Å². The number of aryl methyl sites for hydroxylation is 1. The Balaban J connectivity index is 1.58. The van der Waals surface area contributed by atoms with Crippen molar-refractivity contribution in [1.29, 1.82) is 0 Å². The summed E-state index contributed by atoms with van der Waals surface area (Å²) in [5.74, 6) is 0. The average molecular weight is 357 g/mol. The van der Waals surface area contributed by atoms with Gasteiger partial charge in [0.1, 0.15) is 10.0 Å². The fourth-order valence-electron chi connectivity index (χ4n) is 2.92. The molecular weight excluding hydrogens is 338 g/mol. The third-order valence-electron chi connectivity index (χ3n) is 4.28. The maximum Gasteiger partial charge on any atom is 0.148 e. The van der Waals surface area contributed by atoms with Crippen molar-refractivity contribution >= 4 is 17.0 Å². The van der Waals surface area contributed by atoms with Gasteiger partial charge in [0.05, 0.1) is 6.54 Å². The lowest BCUT2D eigenvalue weighted by Crippen LogP contribution is -2.00. The monoisotopic (exact) mass is 357 g/mol. The molecule has 1 N–H and O–H groups in total. The molecule has 0 atom stereocenters. The molecule has 0 saturated heterocycles. The van der Waals surface area contributed by atoms with E-state index in [2.05, 4.69) is 83.1 Å². The van der Waals surface area contributed by atoms with Crippen LogP contribution in [0.3, 0.4) is 0 Å². The van der Waals surface area contributed by atoms with E-state index in [1.54, 1.807) is 11.3 Å². The Morgan fingerprint density at radius 1 is 0.769 bits per heavy atom. The molecule has 0 unspecified atom stereocenters. The van der Waals surface area contributed by atoms with E-state index in [1.165, 1.54) is 16.7 Å². The van der Waals surface area contributed by atoms with Gasteiger partial charge in [0.2, 0.25) is 0 Å². The summed E-state index contributed by atoms with van der Waals surface area (Å²) < 4.78 is 0. The number of hydrogen-bond acceptors (Lipinski definition) is 4. The highest BCUT2D eigenvalue weighted by atomic mass is 32.1. The largest absolute Gasteiger partial charge is 0.378 e. The van der Waals surface area contributed by atoms with Crippen LogP contribution >= 0.6 is 11.3 Å². The van der Waals surface area contributed by atoms with Gasteiger partial charge in [-0.3, -0.25) is 0 Å². The van der Waals surface area contributed by atoms with E-state index in [4.69, 9.17) is 0 Å². The molecule has 0 aliphatic carbocycles. The molecule has 4 heteroatoms. The Labute approximate surface area is 157 Å². The molecule has 128 valence electrons. The van der Waals surface area contributed by atoms with Crippen LogP contribution in [0.2, 0.25) is 0 Å². The Morgan fingerprint density at radius 3 is 2.27 bits per heavy atom. The highest BCUT2D eigenvalue weighted by molar-refractivity contribution is 7.14. The van der Waals surface area contributed by atoms with Crippen molar-refractivity contribution in [3.8, 4) is 21.7 Å². The minimum atomic E-state index is 0.677. The van der Waals surface area contributed by atoms with Crippen LogP contribution in [-0.2, 0) is 6.54 Å². The Morgan fingerprint density at radius 2 is 1.46 bits per heavy atom. The van der Waals surface area contributed by atoms with Crippen LogP contribution in [0.25, 0.3) is 21.7 Å². The van der Waals surface area contributed by atoms with Crippen molar-refractivity contribution in [1.82, 2.24) is 10.2 Å². The van der Waals surface area contributed by atoms with Crippen molar-refractivity contribution in [2.24, 2.45) is 0 Å². The first-order chi connectivity index (χ1) is 12.8. The molecule has 0 fully saturated rings. The fourth-order valence-corrected chi connectivity index (χ4v) is 3.73. The summed E-state index contributed by atoms with van der Waals surface area (Å²) in [7, 11) is 0. The predicted octanol–water partition coefficient (Wildman–Crippen LogP) is 5.79. The van der Waals surface area contributed by atoms with Gasteiger partial charge in [0.25, 0.3) is 0 Å². The van der Waals surface area contributed by atoms with Gasteiger partial charge in [0, 0.05) is 11.3 Å². The third kappa shape index (κ3) is 3.51. The number of aromatic nitrogens is 2. The van der Waals surface area contributed by atoms with Crippen molar-refractivity contribution in [3.63, 3.8) is 0 Å². The van der Waals surface area contributed by atoms with Crippen molar-refractivity contribution in [2.45, 2.75) is 13.5 Å². The lowest BCUT2D eigenvalue weighted by Gasteiger charge is -2.07. The van der Waals surface area contributed by atoms with Crippen LogP contribution in [0.15, 0.2) is 78.9 Å². The van der Waals surface area contributed by atoms with E-state index in [1.807, 2.05) is 18.2 Å². The van der Waals surface area contributed by atoms with E-state index in [-0.39, 0.29) is 0 Å². The van der Waals surface area contributed by atoms with Crippen LogP contribution in [0.1, 0.15) is 10.6 Å².